The number of hydrogen-bond acceptors (Lipinski definition) is 1. The first-order valence-electron chi connectivity index (χ1n) is 8.13. The Labute approximate surface area is 116 Å². The van der Waals surface area contributed by atoms with E-state index in [1.165, 1.54) is 32.4 Å². The van der Waals surface area contributed by atoms with Crippen LogP contribution in [0.5, 0.6) is 0 Å². The first-order valence-corrected chi connectivity index (χ1v) is 8.13. The first-order chi connectivity index (χ1) is 9.31. The van der Waals surface area contributed by atoms with Crippen molar-refractivity contribution in [2.75, 3.05) is 0 Å². The van der Waals surface area contributed by atoms with Gasteiger partial charge in [-0.05, 0) is 67.4 Å². The van der Waals surface area contributed by atoms with Gasteiger partial charge < -0.3 is 0 Å². The lowest BCUT2D eigenvalue weighted by molar-refractivity contribution is -0.0915. The quantitative estimate of drug-likeness (QED) is 0.732. The number of rotatable bonds is 1. The molecule has 0 spiro atoms. The third-order valence-electron chi connectivity index (χ3n) is 6.52. The number of fused-ring (bicyclic) bond motifs is 1. The van der Waals surface area contributed by atoms with Crippen LogP contribution in [0.3, 0.4) is 0 Å². The van der Waals surface area contributed by atoms with Crippen molar-refractivity contribution < 1.29 is 0 Å². The molecule has 0 atom stereocenters. The minimum atomic E-state index is 0.591. The van der Waals surface area contributed by atoms with Crippen LogP contribution in [0.25, 0.3) is 0 Å². The van der Waals surface area contributed by atoms with Crippen molar-refractivity contribution in [2.24, 2.45) is 17.8 Å². The molecule has 6 rings (SSSR count). The zero-order valence-corrected chi connectivity index (χ0v) is 11.6. The second kappa shape index (κ2) is 3.63. The predicted octanol–water partition coefficient (Wildman–Crippen LogP) is 3.97. The lowest BCUT2D eigenvalue weighted by Crippen LogP contribution is -2.58. The lowest BCUT2D eigenvalue weighted by atomic mass is 9.52. The summed E-state index contributed by atoms with van der Waals surface area (Å²) in [5.41, 5.74) is 3.78. The van der Waals surface area contributed by atoms with E-state index in [1.807, 2.05) is 0 Å². The molecule has 1 aliphatic heterocycles. The van der Waals surface area contributed by atoms with Crippen LogP contribution < -0.4 is 0 Å². The van der Waals surface area contributed by atoms with Crippen LogP contribution in [0, 0.1) is 17.8 Å². The fourth-order valence-electron chi connectivity index (χ4n) is 6.12. The smallest absolute Gasteiger partial charge is 0.0246 e. The Bertz CT molecular complexity index is 458. The standard InChI is InChI=1S/C18H23N/c1-2-4-17-12-19(11-16(17)3-1)18-8-13-5-14(9-18)7-15(6-13)10-18/h1-4,13-15H,5-12H2. The van der Waals surface area contributed by atoms with Gasteiger partial charge in [0.25, 0.3) is 0 Å². The molecular weight excluding hydrogens is 230 g/mol. The molecule has 4 fully saturated rings. The Morgan fingerprint density at radius 2 is 1.26 bits per heavy atom. The topological polar surface area (TPSA) is 3.24 Å². The second-order valence-electron chi connectivity index (χ2n) is 7.77. The monoisotopic (exact) mass is 253 g/mol. The van der Waals surface area contributed by atoms with Crippen LogP contribution in [0.1, 0.15) is 49.7 Å². The zero-order chi connectivity index (χ0) is 12.4. The molecular formula is C18H23N. The first kappa shape index (κ1) is 10.9. The number of nitrogens with zero attached hydrogens (tertiary/aromatic N) is 1. The van der Waals surface area contributed by atoms with E-state index < -0.39 is 0 Å². The van der Waals surface area contributed by atoms with Crippen molar-refractivity contribution in [3.05, 3.63) is 35.4 Å². The average molecular weight is 253 g/mol. The third-order valence-corrected chi connectivity index (χ3v) is 6.52. The van der Waals surface area contributed by atoms with E-state index in [4.69, 9.17) is 0 Å². The largest absolute Gasteiger partial charge is 0.289 e. The molecule has 0 amide bonds. The van der Waals surface area contributed by atoms with Gasteiger partial charge >= 0.3 is 0 Å². The molecule has 100 valence electrons. The highest BCUT2D eigenvalue weighted by Gasteiger charge is 2.54. The van der Waals surface area contributed by atoms with Gasteiger partial charge in [0.2, 0.25) is 0 Å². The Morgan fingerprint density at radius 1 is 0.789 bits per heavy atom. The molecule has 0 radical (unpaired) electrons. The van der Waals surface area contributed by atoms with Gasteiger partial charge in [-0.25, -0.2) is 0 Å². The summed E-state index contributed by atoms with van der Waals surface area (Å²) >= 11 is 0. The molecule has 19 heavy (non-hydrogen) atoms. The summed E-state index contributed by atoms with van der Waals surface area (Å²) in [7, 11) is 0. The summed E-state index contributed by atoms with van der Waals surface area (Å²) in [5.74, 6) is 3.19. The summed E-state index contributed by atoms with van der Waals surface area (Å²) in [6.07, 6.45) is 9.19. The second-order valence-corrected chi connectivity index (χ2v) is 7.77. The van der Waals surface area contributed by atoms with Crippen LogP contribution in [-0.2, 0) is 13.1 Å². The minimum absolute atomic E-state index is 0.591. The fourth-order valence-corrected chi connectivity index (χ4v) is 6.12. The van der Waals surface area contributed by atoms with Gasteiger partial charge in [0.15, 0.2) is 0 Å². The van der Waals surface area contributed by atoms with Crippen LogP contribution >= 0.6 is 0 Å². The maximum atomic E-state index is 2.86. The lowest BCUT2D eigenvalue weighted by Gasteiger charge is -2.60. The Hall–Kier alpha value is -0.820. The van der Waals surface area contributed by atoms with Crippen molar-refractivity contribution in [2.45, 2.75) is 57.2 Å². The van der Waals surface area contributed by atoms with E-state index >= 15 is 0 Å². The molecule has 4 bridgehead atoms. The maximum absolute atomic E-state index is 2.86. The van der Waals surface area contributed by atoms with Gasteiger partial charge in [-0.3, -0.25) is 4.90 Å². The van der Waals surface area contributed by atoms with Gasteiger partial charge in [0.05, 0.1) is 0 Å². The van der Waals surface area contributed by atoms with Crippen molar-refractivity contribution >= 4 is 0 Å². The van der Waals surface area contributed by atoms with Crippen molar-refractivity contribution in [1.82, 2.24) is 4.90 Å². The van der Waals surface area contributed by atoms with Crippen LogP contribution in [0.4, 0.5) is 0 Å². The molecule has 1 aromatic rings. The van der Waals surface area contributed by atoms with Crippen LogP contribution in [0.15, 0.2) is 24.3 Å². The zero-order valence-electron chi connectivity index (χ0n) is 11.6. The summed E-state index contributed by atoms with van der Waals surface area (Å²) in [6, 6.07) is 9.11. The molecule has 1 heteroatoms. The molecule has 4 aliphatic carbocycles. The highest BCUT2D eigenvalue weighted by Crippen LogP contribution is 2.58. The Kier molecular flexibility index (Phi) is 2.09. The van der Waals surface area contributed by atoms with E-state index in [2.05, 4.69) is 29.2 Å². The van der Waals surface area contributed by atoms with E-state index in [0.29, 0.717) is 5.54 Å². The summed E-state index contributed by atoms with van der Waals surface area (Å²) < 4.78 is 0. The SMILES string of the molecule is c1ccc2c(c1)CN(C13CC4CC(CC(C4)C1)C3)C2. The Morgan fingerprint density at radius 3 is 1.74 bits per heavy atom. The van der Waals surface area contributed by atoms with Crippen LogP contribution in [0.2, 0.25) is 0 Å². The van der Waals surface area contributed by atoms with Crippen molar-refractivity contribution in [3.8, 4) is 0 Å². The molecule has 0 unspecified atom stereocenters. The molecule has 1 aromatic carbocycles. The third kappa shape index (κ3) is 1.51. The van der Waals surface area contributed by atoms with E-state index in [-0.39, 0.29) is 0 Å². The molecule has 0 N–H and O–H groups in total. The Balaban J connectivity index is 1.48. The molecule has 4 saturated carbocycles. The van der Waals surface area contributed by atoms with Gasteiger partial charge in [0.1, 0.15) is 0 Å². The minimum Gasteiger partial charge on any atom is -0.289 e. The molecule has 0 aromatic heterocycles. The summed E-state index contributed by atoms with van der Waals surface area (Å²) in [4.78, 5) is 2.86. The molecule has 1 heterocycles. The van der Waals surface area contributed by atoms with Gasteiger partial charge in [-0.2, -0.15) is 0 Å². The number of benzene rings is 1. The molecule has 0 saturated heterocycles. The van der Waals surface area contributed by atoms with E-state index in [9.17, 15) is 0 Å². The van der Waals surface area contributed by atoms with Crippen LogP contribution in [-0.4, -0.2) is 10.4 Å². The normalized spacial score (nSPS) is 43.7. The van der Waals surface area contributed by atoms with Gasteiger partial charge in [-0.15, -0.1) is 0 Å². The van der Waals surface area contributed by atoms with Crippen molar-refractivity contribution in [3.63, 3.8) is 0 Å². The molecule has 1 nitrogen and oxygen atoms in total. The molecule has 5 aliphatic rings. The summed E-state index contributed by atoms with van der Waals surface area (Å²) in [5, 5.41) is 0. The van der Waals surface area contributed by atoms with E-state index in [1.54, 1.807) is 30.4 Å². The highest BCUT2D eigenvalue weighted by atomic mass is 15.2. The number of hydrogen-bond donors (Lipinski definition) is 0. The van der Waals surface area contributed by atoms with Crippen molar-refractivity contribution in [1.29, 1.82) is 0 Å². The van der Waals surface area contributed by atoms with Gasteiger partial charge in [0, 0.05) is 18.6 Å². The average Bonchev–Trinajstić information content (AvgIpc) is 2.81. The highest BCUT2D eigenvalue weighted by molar-refractivity contribution is 5.31. The maximum Gasteiger partial charge on any atom is 0.0246 e. The van der Waals surface area contributed by atoms with E-state index in [0.717, 1.165) is 17.8 Å². The summed E-state index contributed by atoms with van der Waals surface area (Å²) in [6.45, 7) is 2.45. The fraction of sp³-hybridized carbons (Fsp3) is 0.667. The predicted molar refractivity (Wildman–Crippen MR) is 76.6 cm³/mol. The van der Waals surface area contributed by atoms with Gasteiger partial charge in [-0.1, -0.05) is 24.3 Å².